The van der Waals surface area contributed by atoms with E-state index in [0.717, 1.165) is 11.1 Å². The van der Waals surface area contributed by atoms with E-state index >= 15 is 0 Å². The molecule has 4 aromatic rings. The fraction of sp³-hybridized carbons (Fsp3) is 0.231. The van der Waals surface area contributed by atoms with Gasteiger partial charge in [0, 0.05) is 19.3 Å². The highest BCUT2D eigenvalue weighted by Crippen LogP contribution is 2.29. The lowest BCUT2D eigenvalue weighted by Gasteiger charge is -2.31. The third-order valence-corrected chi connectivity index (χ3v) is 5.51. The van der Waals surface area contributed by atoms with Crippen LogP contribution in [0.15, 0.2) is 78.9 Å². The molecule has 0 unspecified atom stereocenters. The van der Waals surface area contributed by atoms with Crippen LogP contribution in [0.2, 0.25) is 0 Å². The van der Waals surface area contributed by atoms with Gasteiger partial charge in [0.05, 0.1) is 12.1 Å². The number of fused-ring (bicyclic) bond motifs is 1. The molecule has 0 spiro atoms. The molecule has 174 valence electrons. The summed E-state index contributed by atoms with van der Waals surface area (Å²) in [6.07, 6.45) is 0. The van der Waals surface area contributed by atoms with E-state index in [1.165, 1.54) is 4.90 Å². The summed E-state index contributed by atoms with van der Waals surface area (Å²) in [4.78, 5) is 28.8. The number of carbonyl (C=O) groups excluding carboxylic acids is 2. The Morgan fingerprint density at radius 3 is 2.44 bits per heavy atom. The van der Waals surface area contributed by atoms with Crippen LogP contribution < -0.4 is 10.2 Å². The zero-order chi connectivity index (χ0) is 23.9. The topological polar surface area (TPSA) is 89.4 Å². The predicted octanol–water partition coefficient (Wildman–Crippen LogP) is 3.28. The van der Waals surface area contributed by atoms with Gasteiger partial charge in [-0.3, -0.25) is 14.5 Å². The van der Waals surface area contributed by atoms with Gasteiger partial charge in [0.2, 0.25) is 11.8 Å². The number of carbonyl (C=O) groups is 2. The van der Waals surface area contributed by atoms with E-state index in [1.807, 2.05) is 85.8 Å². The molecule has 0 saturated carbocycles. The van der Waals surface area contributed by atoms with Crippen molar-refractivity contribution in [2.45, 2.75) is 19.5 Å². The normalized spacial score (nSPS) is 11.8. The van der Waals surface area contributed by atoms with Gasteiger partial charge in [-0.1, -0.05) is 65.4 Å². The lowest BCUT2D eigenvalue weighted by molar-refractivity contribution is -0.127. The Balaban J connectivity index is 1.75. The van der Waals surface area contributed by atoms with Gasteiger partial charge in [-0.25, -0.2) is 4.68 Å². The molecule has 1 aromatic heterocycles. The lowest BCUT2D eigenvalue weighted by Crippen LogP contribution is -2.46. The van der Waals surface area contributed by atoms with Gasteiger partial charge in [-0.2, -0.15) is 0 Å². The second kappa shape index (κ2) is 10.7. The van der Waals surface area contributed by atoms with Crippen molar-refractivity contribution in [2.75, 3.05) is 25.2 Å². The molecule has 0 bridgehead atoms. The van der Waals surface area contributed by atoms with Crippen LogP contribution in [-0.4, -0.2) is 47.1 Å². The molecule has 0 aliphatic heterocycles. The van der Waals surface area contributed by atoms with Gasteiger partial charge in [0.15, 0.2) is 0 Å². The Bertz CT molecular complexity index is 1250. The molecule has 1 atom stereocenters. The van der Waals surface area contributed by atoms with Crippen molar-refractivity contribution in [3.63, 3.8) is 0 Å². The van der Waals surface area contributed by atoms with Crippen LogP contribution in [0.25, 0.3) is 11.0 Å². The molecular weight excluding hydrogens is 430 g/mol. The van der Waals surface area contributed by atoms with E-state index in [1.54, 1.807) is 11.8 Å². The molecule has 34 heavy (non-hydrogen) atoms. The fourth-order valence-corrected chi connectivity index (χ4v) is 3.80. The van der Waals surface area contributed by atoms with Crippen LogP contribution in [0.4, 0.5) is 5.69 Å². The molecule has 0 fully saturated rings. The summed E-state index contributed by atoms with van der Waals surface area (Å²) in [6, 6.07) is 23.4. The zero-order valence-electron chi connectivity index (χ0n) is 19.2. The van der Waals surface area contributed by atoms with Gasteiger partial charge in [0.1, 0.15) is 18.1 Å². The van der Waals surface area contributed by atoms with Crippen LogP contribution in [0, 0.1) is 6.92 Å². The first-order valence-electron chi connectivity index (χ1n) is 11.1. The average Bonchev–Trinajstić information content (AvgIpc) is 3.26. The first kappa shape index (κ1) is 23.1. The molecule has 3 aromatic carbocycles. The summed E-state index contributed by atoms with van der Waals surface area (Å²) in [5.74, 6) is -0.573. The maximum absolute atomic E-state index is 13.8. The number of rotatable bonds is 9. The third kappa shape index (κ3) is 5.13. The second-order valence-corrected chi connectivity index (χ2v) is 7.93. The first-order valence-corrected chi connectivity index (χ1v) is 11.1. The van der Waals surface area contributed by atoms with Crippen molar-refractivity contribution in [3.8, 4) is 0 Å². The van der Waals surface area contributed by atoms with Crippen molar-refractivity contribution in [1.29, 1.82) is 0 Å². The smallest absolute Gasteiger partial charge is 0.249 e. The molecule has 8 heteroatoms. The molecule has 8 nitrogen and oxygen atoms in total. The number of aryl methyl sites for hydroxylation is 1. The SMILES string of the molecule is COCCNC(=O)[C@H](c1ccc(C)cc1)N(C(=O)Cn1nnc2ccccc21)c1ccccc1. The molecule has 4 rings (SSSR count). The minimum absolute atomic E-state index is 0.0663. The summed E-state index contributed by atoms with van der Waals surface area (Å²) in [7, 11) is 1.58. The predicted molar refractivity (Wildman–Crippen MR) is 130 cm³/mol. The Morgan fingerprint density at radius 1 is 1.00 bits per heavy atom. The second-order valence-electron chi connectivity index (χ2n) is 7.93. The highest BCUT2D eigenvalue weighted by molar-refractivity contribution is 6.01. The molecule has 2 amide bonds. The average molecular weight is 458 g/mol. The number of hydrogen-bond donors (Lipinski definition) is 1. The van der Waals surface area contributed by atoms with Gasteiger partial charge in [-0.15, -0.1) is 5.10 Å². The standard InChI is InChI=1S/C26H27N5O3/c1-19-12-14-20(15-13-19)25(26(33)27-16-17-34-2)31(21-8-4-3-5-9-21)24(32)18-30-23-11-7-6-10-22(23)28-29-30/h3-15,25H,16-18H2,1-2H3,(H,27,33)/t25-/m0/s1. The Kier molecular flexibility index (Phi) is 7.29. The van der Waals surface area contributed by atoms with E-state index in [9.17, 15) is 9.59 Å². The van der Waals surface area contributed by atoms with E-state index in [2.05, 4.69) is 15.6 Å². The Labute approximate surface area is 198 Å². The van der Waals surface area contributed by atoms with E-state index in [-0.39, 0.29) is 18.4 Å². The number of aromatic nitrogens is 3. The van der Waals surface area contributed by atoms with Crippen LogP contribution in [-0.2, 0) is 20.9 Å². The van der Waals surface area contributed by atoms with E-state index < -0.39 is 6.04 Å². The molecule has 0 saturated heterocycles. The molecular formula is C26H27N5O3. The highest BCUT2D eigenvalue weighted by atomic mass is 16.5. The van der Waals surface area contributed by atoms with Crippen molar-refractivity contribution in [3.05, 3.63) is 90.0 Å². The minimum atomic E-state index is -0.873. The number of hydrogen-bond acceptors (Lipinski definition) is 5. The van der Waals surface area contributed by atoms with Crippen LogP contribution in [0.1, 0.15) is 17.2 Å². The van der Waals surface area contributed by atoms with Crippen LogP contribution in [0.5, 0.6) is 0 Å². The van der Waals surface area contributed by atoms with Crippen molar-refractivity contribution in [1.82, 2.24) is 20.3 Å². The number of nitrogens with zero attached hydrogens (tertiary/aromatic N) is 4. The highest BCUT2D eigenvalue weighted by Gasteiger charge is 2.33. The van der Waals surface area contributed by atoms with Gasteiger partial charge in [0.25, 0.3) is 0 Å². The minimum Gasteiger partial charge on any atom is -0.383 e. The Morgan fingerprint density at radius 2 is 1.71 bits per heavy atom. The summed E-state index contributed by atoms with van der Waals surface area (Å²) in [5.41, 5.74) is 3.84. The molecule has 0 aliphatic carbocycles. The van der Waals surface area contributed by atoms with Crippen molar-refractivity contribution in [2.24, 2.45) is 0 Å². The number of amides is 2. The van der Waals surface area contributed by atoms with E-state index in [0.29, 0.717) is 29.9 Å². The summed E-state index contributed by atoms with van der Waals surface area (Å²) >= 11 is 0. The zero-order valence-corrected chi connectivity index (χ0v) is 19.2. The summed E-state index contributed by atoms with van der Waals surface area (Å²) in [6.45, 7) is 2.62. The first-order chi connectivity index (χ1) is 16.6. The van der Waals surface area contributed by atoms with Crippen LogP contribution in [0.3, 0.4) is 0 Å². The van der Waals surface area contributed by atoms with E-state index in [4.69, 9.17) is 4.74 Å². The molecule has 0 aliphatic rings. The number of anilines is 1. The maximum atomic E-state index is 13.8. The Hall–Kier alpha value is -4.04. The number of ether oxygens (including phenoxy) is 1. The number of benzene rings is 3. The molecule has 0 radical (unpaired) electrons. The maximum Gasteiger partial charge on any atom is 0.249 e. The van der Waals surface area contributed by atoms with Gasteiger partial charge < -0.3 is 10.1 Å². The molecule has 1 N–H and O–H groups in total. The van der Waals surface area contributed by atoms with Crippen LogP contribution >= 0.6 is 0 Å². The monoisotopic (exact) mass is 457 g/mol. The number of nitrogens with one attached hydrogen (secondary N) is 1. The number of methoxy groups -OCH3 is 1. The summed E-state index contributed by atoms with van der Waals surface area (Å²) < 4.78 is 6.64. The van der Waals surface area contributed by atoms with Gasteiger partial charge >= 0.3 is 0 Å². The number of para-hydroxylation sites is 2. The van der Waals surface area contributed by atoms with Crippen molar-refractivity contribution >= 4 is 28.5 Å². The lowest BCUT2D eigenvalue weighted by atomic mass is 10.0. The van der Waals surface area contributed by atoms with Gasteiger partial charge in [-0.05, 0) is 36.8 Å². The third-order valence-electron chi connectivity index (χ3n) is 5.51. The fourth-order valence-electron chi connectivity index (χ4n) is 3.80. The quantitative estimate of drug-likeness (QED) is 0.390. The summed E-state index contributed by atoms with van der Waals surface area (Å²) in [5, 5.41) is 11.2. The largest absolute Gasteiger partial charge is 0.383 e. The molecule has 1 heterocycles. The van der Waals surface area contributed by atoms with Crippen molar-refractivity contribution < 1.29 is 14.3 Å².